The van der Waals surface area contributed by atoms with Crippen molar-refractivity contribution in [2.45, 2.75) is 52.4 Å². The molecular formula is C28H27BrF3N7O3. The zero-order valence-corrected chi connectivity index (χ0v) is 24.7. The lowest BCUT2D eigenvalue weighted by molar-refractivity contribution is -0.138. The van der Waals surface area contributed by atoms with Crippen molar-refractivity contribution in [1.82, 2.24) is 34.4 Å². The standard InChI is InChI=1S/C28H27BrF3N7O3/c1-14(2)7-17-10-36-39-22-13-37(26(41)16-5-6-20(29)19(9-16)28(30,31)32)15(3)8-18(22)27(42)38(25(17)39)23-12-34-21(11-35-23)24(40)33-4/h5-6,9-12,14-15H,7-8,13H2,1-4H3,(H,33,40)/t15-/m1/s1. The van der Waals surface area contributed by atoms with Crippen molar-refractivity contribution in [1.29, 1.82) is 0 Å². The van der Waals surface area contributed by atoms with Gasteiger partial charge in [-0.3, -0.25) is 14.4 Å². The summed E-state index contributed by atoms with van der Waals surface area (Å²) in [5, 5.41) is 7.05. The zero-order chi connectivity index (χ0) is 30.5. The van der Waals surface area contributed by atoms with E-state index in [0.717, 1.165) is 11.6 Å². The number of carbonyl (C=O) groups is 2. The third-order valence-corrected chi connectivity index (χ3v) is 7.87. The maximum Gasteiger partial charge on any atom is 0.417 e. The molecule has 1 atom stereocenters. The molecule has 1 aliphatic heterocycles. The number of alkyl halides is 3. The highest BCUT2D eigenvalue weighted by molar-refractivity contribution is 9.10. The molecular weight excluding hydrogens is 619 g/mol. The van der Waals surface area contributed by atoms with Gasteiger partial charge < -0.3 is 10.2 Å². The van der Waals surface area contributed by atoms with E-state index in [-0.39, 0.29) is 46.0 Å². The molecule has 5 rings (SSSR count). The summed E-state index contributed by atoms with van der Waals surface area (Å²) < 4.78 is 43.5. The van der Waals surface area contributed by atoms with E-state index in [9.17, 15) is 27.6 Å². The Kier molecular flexibility index (Phi) is 7.68. The first kappa shape index (κ1) is 29.4. The number of aromatic nitrogens is 5. The van der Waals surface area contributed by atoms with Crippen LogP contribution in [0.25, 0.3) is 11.5 Å². The minimum atomic E-state index is -4.64. The molecule has 0 radical (unpaired) electrons. The second kappa shape index (κ2) is 11.0. The fourth-order valence-electron chi connectivity index (χ4n) is 5.18. The van der Waals surface area contributed by atoms with Crippen molar-refractivity contribution in [3.63, 3.8) is 0 Å². The van der Waals surface area contributed by atoms with Crippen LogP contribution in [0.1, 0.15) is 64.0 Å². The maximum atomic E-state index is 14.1. The molecule has 1 aliphatic rings. The first-order valence-corrected chi connectivity index (χ1v) is 14.0. The Hall–Kier alpha value is -4.07. The molecule has 0 fully saturated rings. The van der Waals surface area contributed by atoms with Crippen LogP contribution >= 0.6 is 15.9 Å². The predicted molar refractivity (Wildman–Crippen MR) is 150 cm³/mol. The lowest BCUT2D eigenvalue weighted by atomic mass is 9.97. The molecule has 0 bridgehead atoms. The summed E-state index contributed by atoms with van der Waals surface area (Å²) in [4.78, 5) is 49.6. The van der Waals surface area contributed by atoms with Gasteiger partial charge in [0.15, 0.2) is 5.82 Å². The molecule has 0 spiro atoms. The van der Waals surface area contributed by atoms with Crippen molar-refractivity contribution >= 4 is 33.4 Å². The molecule has 0 saturated carbocycles. The Morgan fingerprint density at radius 3 is 2.52 bits per heavy atom. The highest BCUT2D eigenvalue weighted by Gasteiger charge is 2.36. The molecule has 2 amide bonds. The van der Waals surface area contributed by atoms with Gasteiger partial charge in [-0.2, -0.15) is 18.3 Å². The molecule has 10 nitrogen and oxygen atoms in total. The van der Waals surface area contributed by atoms with Crippen LogP contribution in [0.2, 0.25) is 0 Å². The van der Waals surface area contributed by atoms with Crippen molar-refractivity contribution < 1.29 is 22.8 Å². The molecule has 1 aromatic carbocycles. The third-order valence-electron chi connectivity index (χ3n) is 7.18. The number of hydrogen-bond donors (Lipinski definition) is 1. The molecule has 0 saturated heterocycles. The number of fused-ring (bicyclic) bond motifs is 3. The van der Waals surface area contributed by atoms with Crippen molar-refractivity contribution in [3.05, 3.63) is 85.3 Å². The Bertz CT molecular complexity index is 1760. The van der Waals surface area contributed by atoms with E-state index < -0.39 is 29.6 Å². The van der Waals surface area contributed by atoms with E-state index in [2.05, 4.69) is 36.3 Å². The average Bonchev–Trinajstić information content (AvgIpc) is 3.34. The van der Waals surface area contributed by atoms with Gasteiger partial charge in [-0.1, -0.05) is 29.8 Å². The monoisotopic (exact) mass is 645 g/mol. The fourth-order valence-corrected chi connectivity index (χ4v) is 5.65. The number of benzene rings is 1. The van der Waals surface area contributed by atoms with Crippen LogP contribution in [0.15, 0.2) is 46.1 Å². The van der Waals surface area contributed by atoms with Gasteiger partial charge in [0.05, 0.1) is 36.4 Å². The Morgan fingerprint density at radius 1 is 1.17 bits per heavy atom. The van der Waals surface area contributed by atoms with Gasteiger partial charge in [-0.05, 0) is 43.9 Å². The number of nitrogens with zero attached hydrogens (tertiary/aromatic N) is 6. The Labute approximate surface area is 246 Å². The quantitative estimate of drug-likeness (QED) is 0.348. The predicted octanol–water partition coefficient (Wildman–Crippen LogP) is 4.20. The molecule has 3 aromatic heterocycles. The van der Waals surface area contributed by atoms with Crippen molar-refractivity contribution in [2.75, 3.05) is 7.05 Å². The van der Waals surface area contributed by atoms with E-state index in [1.165, 1.54) is 41.0 Å². The molecule has 1 N–H and O–H groups in total. The third kappa shape index (κ3) is 5.19. The van der Waals surface area contributed by atoms with Crippen LogP contribution in [0.3, 0.4) is 0 Å². The smallest absolute Gasteiger partial charge is 0.354 e. The normalized spacial score (nSPS) is 15.3. The molecule has 14 heteroatoms. The molecule has 4 aromatic rings. The van der Waals surface area contributed by atoms with E-state index in [4.69, 9.17) is 0 Å². The van der Waals surface area contributed by atoms with E-state index in [1.807, 2.05) is 13.8 Å². The summed E-state index contributed by atoms with van der Waals surface area (Å²) in [5.74, 6) is -0.591. The highest BCUT2D eigenvalue weighted by Crippen LogP contribution is 2.36. The molecule has 0 unspecified atom stereocenters. The highest BCUT2D eigenvalue weighted by atomic mass is 79.9. The summed E-state index contributed by atoms with van der Waals surface area (Å²) in [7, 11) is 1.47. The zero-order valence-electron chi connectivity index (χ0n) is 23.2. The van der Waals surface area contributed by atoms with Crippen LogP contribution in [-0.4, -0.2) is 54.0 Å². The topological polar surface area (TPSA) is 114 Å². The summed E-state index contributed by atoms with van der Waals surface area (Å²) in [5.41, 5.74) is 0.741. The van der Waals surface area contributed by atoms with E-state index in [1.54, 1.807) is 17.6 Å². The summed E-state index contributed by atoms with van der Waals surface area (Å²) >= 11 is 2.92. The minimum Gasteiger partial charge on any atom is -0.354 e. The van der Waals surface area contributed by atoms with Crippen LogP contribution in [0, 0.1) is 5.92 Å². The van der Waals surface area contributed by atoms with Gasteiger partial charge in [0, 0.05) is 34.3 Å². The average molecular weight is 646 g/mol. The second-order valence-corrected chi connectivity index (χ2v) is 11.4. The lowest BCUT2D eigenvalue weighted by Gasteiger charge is -2.35. The number of amides is 2. The fraction of sp³-hybridized carbons (Fsp3) is 0.357. The van der Waals surface area contributed by atoms with Gasteiger partial charge in [-0.15, -0.1) is 0 Å². The molecule has 4 heterocycles. The van der Waals surface area contributed by atoms with Gasteiger partial charge in [0.25, 0.3) is 17.4 Å². The largest absolute Gasteiger partial charge is 0.417 e. The minimum absolute atomic E-state index is 0.0383. The van der Waals surface area contributed by atoms with Gasteiger partial charge in [0.1, 0.15) is 11.3 Å². The Balaban J connectivity index is 1.64. The summed E-state index contributed by atoms with van der Waals surface area (Å²) in [6, 6.07) is 2.87. The number of hydrogen-bond acceptors (Lipinski definition) is 6. The van der Waals surface area contributed by atoms with E-state index >= 15 is 0 Å². The van der Waals surface area contributed by atoms with Gasteiger partial charge in [0.2, 0.25) is 0 Å². The summed E-state index contributed by atoms with van der Waals surface area (Å²) in [6.07, 6.45) is 0.372. The maximum absolute atomic E-state index is 14.1. The van der Waals surface area contributed by atoms with Crippen LogP contribution in [0.4, 0.5) is 13.2 Å². The number of nitrogens with one attached hydrogen (secondary N) is 1. The number of halogens is 4. The summed E-state index contributed by atoms with van der Waals surface area (Å²) in [6.45, 7) is 5.75. The van der Waals surface area contributed by atoms with Crippen molar-refractivity contribution in [3.8, 4) is 5.82 Å². The molecule has 0 aliphatic carbocycles. The van der Waals surface area contributed by atoms with Gasteiger partial charge in [-0.25, -0.2) is 19.1 Å². The second-order valence-electron chi connectivity index (χ2n) is 10.6. The van der Waals surface area contributed by atoms with Crippen LogP contribution in [0.5, 0.6) is 0 Å². The Morgan fingerprint density at radius 2 is 1.90 bits per heavy atom. The number of rotatable bonds is 5. The van der Waals surface area contributed by atoms with Crippen LogP contribution in [-0.2, 0) is 25.6 Å². The first-order valence-electron chi connectivity index (χ1n) is 13.2. The lowest BCUT2D eigenvalue weighted by Crippen LogP contribution is -2.46. The van der Waals surface area contributed by atoms with Gasteiger partial charge >= 0.3 is 6.18 Å². The van der Waals surface area contributed by atoms with E-state index in [0.29, 0.717) is 23.3 Å². The molecule has 42 heavy (non-hydrogen) atoms. The van der Waals surface area contributed by atoms with Crippen LogP contribution < -0.4 is 10.9 Å². The molecule has 220 valence electrons. The number of carbonyl (C=O) groups excluding carboxylic acids is 2. The van der Waals surface area contributed by atoms with Crippen molar-refractivity contribution in [2.24, 2.45) is 5.92 Å². The first-order chi connectivity index (χ1) is 19.8. The SMILES string of the molecule is CNC(=O)c1cnc(-n2c(=O)c3c(n4ncc(CC(C)C)c24)CN(C(=O)c2ccc(Br)c(C(F)(F)F)c2)[C@H](C)C3)cn1.